The summed E-state index contributed by atoms with van der Waals surface area (Å²) in [6.07, 6.45) is 0.771. The molecule has 1 aromatic rings. The summed E-state index contributed by atoms with van der Waals surface area (Å²) >= 11 is 0. The van der Waals surface area contributed by atoms with Crippen molar-refractivity contribution in [2.24, 2.45) is 5.73 Å². The molecule has 0 aliphatic rings. The van der Waals surface area contributed by atoms with Crippen LogP contribution >= 0.6 is 0 Å². The van der Waals surface area contributed by atoms with Gasteiger partial charge in [-0.05, 0) is 18.9 Å². The number of nitrogens with two attached hydrogens (primary N) is 1. The van der Waals surface area contributed by atoms with Crippen molar-refractivity contribution in [2.75, 3.05) is 20.1 Å². The number of nitrogens with one attached hydrogen (secondary N) is 1. The second-order valence-electron chi connectivity index (χ2n) is 4.97. The lowest BCUT2D eigenvalue weighted by atomic mass is 9.91. The second-order valence-corrected chi connectivity index (χ2v) is 4.97. The molecule has 2 amide bonds. The monoisotopic (exact) mass is 277 g/mol. The van der Waals surface area contributed by atoms with Gasteiger partial charge in [0.1, 0.15) is 5.54 Å². The summed E-state index contributed by atoms with van der Waals surface area (Å²) < 4.78 is 0. The Labute approximate surface area is 120 Å². The third kappa shape index (κ3) is 3.81. The van der Waals surface area contributed by atoms with Crippen LogP contribution in [0.4, 0.5) is 0 Å². The summed E-state index contributed by atoms with van der Waals surface area (Å²) in [7, 11) is 1.55. The van der Waals surface area contributed by atoms with Crippen LogP contribution in [-0.2, 0) is 15.1 Å². The molecule has 0 fully saturated rings. The van der Waals surface area contributed by atoms with Gasteiger partial charge >= 0.3 is 0 Å². The quantitative estimate of drug-likeness (QED) is 0.809. The van der Waals surface area contributed by atoms with Gasteiger partial charge in [0, 0.05) is 13.6 Å². The molecule has 0 aromatic heterocycles. The van der Waals surface area contributed by atoms with Crippen molar-refractivity contribution in [3.8, 4) is 0 Å². The summed E-state index contributed by atoms with van der Waals surface area (Å²) in [5, 5.41) is 2.53. The number of carbonyl (C=O) groups is 2. The van der Waals surface area contributed by atoms with Gasteiger partial charge in [0.15, 0.2) is 0 Å². The first-order chi connectivity index (χ1) is 9.43. The van der Waals surface area contributed by atoms with Crippen LogP contribution in [0.1, 0.15) is 25.8 Å². The third-order valence-electron chi connectivity index (χ3n) is 3.21. The maximum absolute atomic E-state index is 12.6. The molecule has 1 rings (SSSR count). The minimum absolute atomic E-state index is 0.0306. The highest BCUT2D eigenvalue weighted by Crippen LogP contribution is 2.20. The number of likely N-dealkylation sites (N-methyl/N-ethyl adjacent to an activating group) is 1. The number of amides is 2. The van der Waals surface area contributed by atoms with Gasteiger partial charge in [0.25, 0.3) is 0 Å². The van der Waals surface area contributed by atoms with E-state index in [9.17, 15) is 9.59 Å². The van der Waals surface area contributed by atoms with E-state index in [4.69, 9.17) is 5.73 Å². The lowest BCUT2D eigenvalue weighted by Crippen LogP contribution is -2.53. The number of carbonyl (C=O) groups excluding carboxylic acids is 2. The predicted octanol–water partition coefficient (Wildman–Crippen LogP) is 0.845. The van der Waals surface area contributed by atoms with Crippen LogP contribution in [0.15, 0.2) is 30.3 Å². The molecule has 5 nitrogen and oxygen atoms in total. The molecule has 0 heterocycles. The van der Waals surface area contributed by atoms with Crippen molar-refractivity contribution >= 4 is 11.8 Å². The Morgan fingerprint density at radius 3 is 2.40 bits per heavy atom. The highest BCUT2D eigenvalue weighted by atomic mass is 16.2. The van der Waals surface area contributed by atoms with Crippen molar-refractivity contribution in [3.05, 3.63) is 35.9 Å². The molecule has 0 saturated heterocycles. The Bertz CT molecular complexity index is 457. The zero-order chi connectivity index (χ0) is 15.2. The van der Waals surface area contributed by atoms with E-state index in [1.807, 2.05) is 37.3 Å². The van der Waals surface area contributed by atoms with E-state index in [2.05, 4.69) is 5.32 Å². The molecule has 0 radical (unpaired) electrons. The van der Waals surface area contributed by atoms with Gasteiger partial charge in [-0.25, -0.2) is 0 Å². The van der Waals surface area contributed by atoms with Crippen molar-refractivity contribution in [1.82, 2.24) is 10.2 Å². The number of benzene rings is 1. The van der Waals surface area contributed by atoms with E-state index in [0.717, 1.165) is 12.0 Å². The summed E-state index contributed by atoms with van der Waals surface area (Å²) in [4.78, 5) is 25.7. The molecule has 0 aliphatic heterocycles. The van der Waals surface area contributed by atoms with Crippen molar-refractivity contribution in [3.63, 3.8) is 0 Å². The third-order valence-corrected chi connectivity index (χ3v) is 3.21. The number of rotatable bonds is 6. The Morgan fingerprint density at radius 1 is 1.30 bits per heavy atom. The highest BCUT2D eigenvalue weighted by molar-refractivity contribution is 5.90. The second kappa shape index (κ2) is 7.05. The van der Waals surface area contributed by atoms with E-state index >= 15 is 0 Å². The van der Waals surface area contributed by atoms with Crippen LogP contribution in [0.3, 0.4) is 0 Å². The van der Waals surface area contributed by atoms with Crippen LogP contribution in [0.5, 0.6) is 0 Å². The van der Waals surface area contributed by atoms with Gasteiger partial charge in [-0.2, -0.15) is 0 Å². The van der Waals surface area contributed by atoms with Crippen LogP contribution in [0.25, 0.3) is 0 Å². The van der Waals surface area contributed by atoms with Crippen LogP contribution < -0.4 is 11.1 Å². The van der Waals surface area contributed by atoms with E-state index in [-0.39, 0.29) is 18.4 Å². The normalized spacial score (nSPS) is 13.4. The van der Waals surface area contributed by atoms with Gasteiger partial charge in [-0.1, -0.05) is 37.3 Å². The molecule has 0 aliphatic carbocycles. The van der Waals surface area contributed by atoms with E-state index < -0.39 is 5.54 Å². The molecule has 0 spiro atoms. The first kappa shape index (κ1) is 16.2. The molecule has 5 heteroatoms. The molecule has 110 valence electrons. The number of nitrogens with zero attached hydrogens (tertiary/aromatic N) is 1. The Hall–Kier alpha value is -1.88. The summed E-state index contributed by atoms with van der Waals surface area (Å²) in [6, 6.07) is 9.20. The van der Waals surface area contributed by atoms with E-state index in [0.29, 0.717) is 6.54 Å². The average Bonchev–Trinajstić information content (AvgIpc) is 2.46. The molecule has 1 aromatic carbocycles. The van der Waals surface area contributed by atoms with E-state index in [1.54, 1.807) is 14.0 Å². The molecular formula is C15H23N3O2. The van der Waals surface area contributed by atoms with Gasteiger partial charge in [-0.15, -0.1) is 0 Å². The molecule has 20 heavy (non-hydrogen) atoms. The maximum atomic E-state index is 12.6. The lowest BCUT2D eigenvalue weighted by Gasteiger charge is -2.31. The average molecular weight is 277 g/mol. The molecule has 1 atom stereocenters. The Kier molecular flexibility index (Phi) is 5.70. The summed E-state index contributed by atoms with van der Waals surface area (Å²) in [5.74, 6) is -0.440. The Balaban J connectivity index is 2.95. The van der Waals surface area contributed by atoms with Crippen molar-refractivity contribution in [1.29, 1.82) is 0 Å². The maximum Gasteiger partial charge on any atom is 0.247 e. The van der Waals surface area contributed by atoms with Crippen molar-refractivity contribution in [2.45, 2.75) is 25.8 Å². The first-order valence-electron chi connectivity index (χ1n) is 6.77. The SMILES string of the molecule is CCCN(CC(=O)NC)C(=O)C(C)(N)c1ccccc1. The van der Waals surface area contributed by atoms with E-state index in [1.165, 1.54) is 4.90 Å². The molecular weight excluding hydrogens is 254 g/mol. The fourth-order valence-corrected chi connectivity index (χ4v) is 2.01. The summed E-state index contributed by atoms with van der Waals surface area (Å²) in [5.41, 5.74) is 5.81. The first-order valence-corrected chi connectivity index (χ1v) is 6.77. The zero-order valence-corrected chi connectivity index (χ0v) is 12.3. The zero-order valence-electron chi connectivity index (χ0n) is 12.3. The number of hydrogen-bond donors (Lipinski definition) is 2. The molecule has 0 saturated carbocycles. The largest absolute Gasteiger partial charge is 0.358 e. The fourth-order valence-electron chi connectivity index (χ4n) is 2.01. The van der Waals surface area contributed by atoms with Gasteiger partial charge < -0.3 is 16.0 Å². The predicted molar refractivity (Wildman–Crippen MR) is 78.9 cm³/mol. The lowest BCUT2D eigenvalue weighted by molar-refractivity contribution is -0.140. The van der Waals surface area contributed by atoms with Crippen LogP contribution in [0, 0.1) is 0 Å². The number of hydrogen-bond acceptors (Lipinski definition) is 3. The molecule has 3 N–H and O–H groups in total. The topological polar surface area (TPSA) is 75.4 Å². The van der Waals surface area contributed by atoms with Crippen molar-refractivity contribution < 1.29 is 9.59 Å². The van der Waals surface area contributed by atoms with Gasteiger partial charge in [-0.3, -0.25) is 9.59 Å². The summed E-state index contributed by atoms with van der Waals surface area (Å²) in [6.45, 7) is 4.17. The molecule has 1 unspecified atom stereocenters. The Morgan fingerprint density at radius 2 is 1.90 bits per heavy atom. The minimum Gasteiger partial charge on any atom is -0.358 e. The smallest absolute Gasteiger partial charge is 0.247 e. The highest BCUT2D eigenvalue weighted by Gasteiger charge is 2.34. The van der Waals surface area contributed by atoms with Gasteiger partial charge in [0.2, 0.25) is 11.8 Å². The van der Waals surface area contributed by atoms with Crippen LogP contribution in [0.2, 0.25) is 0 Å². The molecule has 0 bridgehead atoms. The van der Waals surface area contributed by atoms with Gasteiger partial charge in [0.05, 0.1) is 6.54 Å². The minimum atomic E-state index is -1.13. The van der Waals surface area contributed by atoms with Crippen LogP contribution in [-0.4, -0.2) is 36.9 Å². The fraction of sp³-hybridized carbons (Fsp3) is 0.467. The standard InChI is InChI=1S/C15H23N3O2/c1-4-10-18(11-13(19)17-3)14(20)15(2,16)12-8-6-5-7-9-12/h5-9H,4,10-11,16H2,1-3H3,(H,17,19).